The monoisotopic (exact) mass is 281 g/mol. The van der Waals surface area contributed by atoms with E-state index in [9.17, 15) is 13.2 Å². The van der Waals surface area contributed by atoms with E-state index in [1.54, 1.807) is 0 Å². The first-order valence-electron chi connectivity index (χ1n) is 5.24. The normalized spacial score (nSPS) is 14.4. The molecule has 19 heavy (non-hydrogen) atoms. The van der Waals surface area contributed by atoms with Gasteiger partial charge in [0.2, 0.25) is 5.78 Å². The molecule has 0 amide bonds. The number of nitrogens with one attached hydrogen (secondary N) is 1. The molecule has 0 heterocycles. The zero-order valence-electron chi connectivity index (χ0n) is 10.3. The van der Waals surface area contributed by atoms with Gasteiger partial charge in [0.15, 0.2) is 0 Å². The number of ketones is 1. The largest absolute Gasteiger partial charge is 0.497 e. The minimum Gasteiger partial charge on any atom is -0.497 e. The molecule has 0 saturated carbocycles. The Morgan fingerprint density at radius 1 is 1.16 bits per heavy atom. The van der Waals surface area contributed by atoms with Crippen molar-refractivity contribution in [3.8, 4) is 5.75 Å². The summed E-state index contributed by atoms with van der Waals surface area (Å²) >= 11 is 0. The average molecular weight is 281 g/mol. The first-order chi connectivity index (χ1) is 8.90. The molecular weight excluding hydrogens is 270 g/mol. The lowest BCUT2D eigenvalue weighted by Gasteiger charge is -2.15. The number of allylic oxidation sites excluding steroid dienone is 1. The predicted octanol–water partition coefficient (Wildman–Crippen LogP) is 1.26. The highest BCUT2D eigenvalue weighted by molar-refractivity contribution is 7.86. The second-order valence-electron chi connectivity index (χ2n) is 3.78. The van der Waals surface area contributed by atoms with Gasteiger partial charge in [-0.3, -0.25) is 14.4 Å². The van der Waals surface area contributed by atoms with Crippen molar-refractivity contribution in [1.82, 2.24) is 0 Å². The molecule has 0 unspecified atom stereocenters. The van der Waals surface area contributed by atoms with Crippen molar-refractivity contribution < 1.29 is 22.1 Å². The van der Waals surface area contributed by atoms with E-state index in [1.165, 1.54) is 31.4 Å². The van der Waals surface area contributed by atoms with Crippen LogP contribution in [0.4, 0.5) is 0 Å². The summed E-state index contributed by atoms with van der Waals surface area (Å²) in [6.07, 6.45) is 2.66. The molecule has 1 aromatic carbocycles. The Morgan fingerprint density at radius 2 is 1.84 bits per heavy atom. The molecule has 0 saturated heterocycles. The number of methoxy groups -OCH3 is 1. The molecule has 0 radical (unpaired) electrons. The number of hydrogen-bond donors (Lipinski definition) is 1. The first kappa shape index (κ1) is 13.4. The minimum atomic E-state index is -3.97. The summed E-state index contributed by atoms with van der Waals surface area (Å²) in [4.78, 5) is 11.7. The Balaban J connectivity index is 2.82. The molecule has 100 valence electrons. The Labute approximate surface area is 110 Å². The number of carbonyl (C=O) groups is 1. The van der Waals surface area contributed by atoms with Gasteiger partial charge in [0.1, 0.15) is 16.4 Å². The van der Waals surface area contributed by atoms with Crippen molar-refractivity contribution in [1.29, 1.82) is 5.41 Å². The number of rotatable bonds is 3. The standard InChI is InChI=1S/C12H11NO5S/c1-17-7-5-9-8(3-4-10(13)12(9)14)11(6-7)19(15,16)18-2/h3-6,13H,1-2H3. The fourth-order valence-electron chi connectivity index (χ4n) is 1.76. The molecular formula is C12H11NO5S. The molecule has 0 fully saturated rings. The van der Waals surface area contributed by atoms with Crippen molar-refractivity contribution in [2.24, 2.45) is 0 Å². The van der Waals surface area contributed by atoms with E-state index < -0.39 is 15.9 Å². The summed E-state index contributed by atoms with van der Waals surface area (Å²) < 4.78 is 33.2. The fourth-order valence-corrected chi connectivity index (χ4v) is 2.65. The molecule has 7 heteroatoms. The van der Waals surface area contributed by atoms with Gasteiger partial charge in [-0.2, -0.15) is 8.42 Å². The second kappa shape index (κ2) is 4.60. The summed E-state index contributed by atoms with van der Waals surface area (Å²) in [5, 5.41) is 7.47. The van der Waals surface area contributed by atoms with E-state index in [0.29, 0.717) is 0 Å². The third-order valence-electron chi connectivity index (χ3n) is 2.75. The van der Waals surface area contributed by atoms with Crippen molar-refractivity contribution in [3.63, 3.8) is 0 Å². The number of ether oxygens (including phenoxy) is 1. The fraction of sp³-hybridized carbons (Fsp3) is 0.167. The maximum absolute atomic E-state index is 11.9. The van der Waals surface area contributed by atoms with Crippen LogP contribution in [0.5, 0.6) is 5.75 Å². The van der Waals surface area contributed by atoms with Crippen LogP contribution in [0.15, 0.2) is 23.1 Å². The molecule has 1 aliphatic carbocycles. The Kier molecular flexibility index (Phi) is 3.25. The van der Waals surface area contributed by atoms with Gasteiger partial charge in [0.25, 0.3) is 10.1 Å². The number of carbonyl (C=O) groups excluding carboxylic acids is 1. The van der Waals surface area contributed by atoms with Crippen LogP contribution < -0.4 is 4.74 Å². The van der Waals surface area contributed by atoms with E-state index in [0.717, 1.165) is 7.11 Å². The van der Waals surface area contributed by atoms with Crippen LogP contribution in [-0.2, 0) is 14.3 Å². The number of benzene rings is 1. The average Bonchev–Trinajstić information content (AvgIpc) is 2.41. The first-order valence-corrected chi connectivity index (χ1v) is 6.65. The summed E-state index contributed by atoms with van der Waals surface area (Å²) in [6, 6.07) is 2.69. The van der Waals surface area contributed by atoms with E-state index in [2.05, 4.69) is 4.18 Å². The SMILES string of the molecule is COc1cc2c(c(S(=O)(=O)OC)c1)C=CC(=N)C2=O. The number of hydrogen-bond acceptors (Lipinski definition) is 6. The molecule has 0 atom stereocenters. The van der Waals surface area contributed by atoms with Gasteiger partial charge < -0.3 is 4.74 Å². The Hall–Kier alpha value is -1.99. The number of Topliss-reactive ketones (excluding diaryl/α,β-unsaturated/α-hetero) is 1. The van der Waals surface area contributed by atoms with Gasteiger partial charge in [-0.1, -0.05) is 6.08 Å². The lowest BCUT2D eigenvalue weighted by atomic mass is 9.94. The highest BCUT2D eigenvalue weighted by atomic mass is 32.2. The molecule has 0 aliphatic heterocycles. The molecule has 6 nitrogen and oxygen atoms in total. The number of fused-ring (bicyclic) bond motifs is 1. The summed E-state index contributed by atoms with van der Waals surface area (Å²) in [5.41, 5.74) is 0.118. The smallest absolute Gasteiger partial charge is 0.297 e. The third kappa shape index (κ3) is 2.18. The zero-order chi connectivity index (χ0) is 14.2. The van der Waals surface area contributed by atoms with Crippen LogP contribution in [-0.4, -0.2) is 34.1 Å². The summed E-state index contributed by atoms with van der Waals surface area (Å²) in [6.45, 7) is 0. The van der Waals surface area contributed by atoms with Crippen molar-refractivity contribution in [2.75, 3.05) is 14.2 Å². The molecule has 1 aromatic rings. The third-order valence-corrected chi connectivity index (χ3v) is 4.06. The lowest BCUT2D eigenvalue weighted by molar-refractivity contribution is 0.106. The van der Waals surface area contributed by atoms with Crippen molar-refractivity contribution in [3.05, 3.63) is 29.3 Å². The predicted molar refractivity (Wildman–Crippen MR) is 68.3 cm³/mol. The van der Waals surface area contributed by atoms with Crippen LogP contribution in [0.25, 0.3) is 6.08 Å². The zero-order valence-corrected chi connectivity index (χ0v) is 11.1. The highest BCUT2D eigenvalue weighted by Crippen LogP contribution is 2.31. The molecule has 0 aromatic heterocycles. The maximum Gasteiger partial charge on any atom is 0.297 e. The molecule has 0 spiro atoms. The molecule has 1 N–H and O–H groups in total. The van der Waals surface area contributed by atoms with Gasteiger partial charge in [0.05, 0.1) is 14.2 Å². The van der Waals surface area contributed by atoms with Gasteiger partial charge in [-0.05, 0) is 12.1 Å². The quantitative estimate of drug-likeness (QED) is 0.842. The van der Waals surface area contributed by atoms with Crippen molar-refractivity contribution in [2.45, 2.75) is 4.90 Å². The molecule has 0 bridgehead atoms. The molecule has 2 rings (SSSR count). The van der Waals surface area contributed by atoms with Gasteiger partial charge in [-0.25, -0.2) is 0 Å². The minimum absolute atomic E-state index is 0.113. The van der Waals surface area contributed by atoms with Gasteiger partial charge in [-0.15, -0.1) is 0 Å². The van der Waals surface area contributed by atoms with Crippen LogP contribution in [0.1, 0.15) is 15.9 Å². The van der Waals surface area contributed by atoms with Crippen molar-refractivity contribution >= 4 is 27.7 Å². The van der Waals surface area contributed by atoms with E-state index in [4.69, 9.17) is 10.1 Å². The van der Waals surface area contributed by atoms with Crippen LogP contribution in [0.2, 0.25) is 0 Å². The van der Waals surface area contributed by atoms with Crippen LogP contribution in [0.3, 0.4) is 0 Å². The van der Waals surface area contributed by atoms with Crippen LogP contribution in [0, 0.1) is 5.41 Å². The topological polar surface area (TPSA) is 93.5 Å². The highest BCUT2D eigenvalue weighted by Gasteiger charge is 2.27. The summed E-state index contributed by atoms with van der Waals surface area (Å²) in [7, 11) is -1.57. The van der Waals surface area contributed by atoms with Gasteiger partial charge in [0, 0.05) is 17.2 Å². The summed E-state index contributed by atoms with van der Waals surface area (Å²) in [5.74, 6) is -0.338. The molecule has 1 aliphatic rings. The van der Waals surface area contributed by atoms with Gasteiger partial charge >= 0.3 is 0 Å². The van der Waals surface area contributed by atoms with E-state index >= 15 is 0 Å². The van der Waals surface area contributed by atoms with E-state index in [-0.39, 0.29) is 27.5 Å². The maximum atomic E-state index is 11.9. The second-order valence-corrected chi connectivity index (χ2v) is 5.47. The Morgan fingerprint density at radius 3 is 2.42 bits per heavy atom. The Bertz CT molecular complexity index is 703. The van der Waals surface area contributed by atoms with E-state index in [1.807, 2.05) is 0 Å². The lowest BCUT2D eigenvalue weighted by Crippen LogP contribution is -2.18. The van der Waals surface area contributed by atoms with Crippen LogP contribution >= 0.6 is 0 Å².